The molecule has 1 aromatic heterocycles. The Morgan fingerprint density at radius 1 is 1.26 bits per heavy atom. The van der Waals surface area contributed by atoms with Crippen molar-refractivity contribution in [3.05, 3.63) is 53.9 Å². The summed E-state index contributed by atoms with van der Waals surface area (Å²) in [7, 11) is -1.44. The van der Waals surface area contributed by atoms with Crippen LogP contribution in [0.2, 0.25) is 0 Å². The topological polar surface area (TPSA) is 62.6 Å². The molecular formula is C14H16BNO3. The van der Waals surface area contributed by atoms with Gasteiger partial charge in [0.2, 0.25) is 0 Å². The number of hydrogen-bond donors (Lipinski definition) is 2. The van der Waals surface area contributed by atoms with Gasteiger partial charge in [-0.3, -0.25) is 4.98 Å². The summed E-state index contributed by atoms with van der Waals surface area (Å²) in [5.74, 6) is 0.728. The lowest BCUT2D eigenvalue weighted by Crippen LogP contribution is -2.31. The van der Waals surface area contributed by atoms with Crippen LogP contribution in [0.15, 0.2) is 42.7 Å². The maximum Gasteiger partial charge on any atom is 0.488 e. The molecule has 2 rings (SSSR count). The van der Waals surface area contributed by atoms with Gasteiger partial charge in [-0.25, -0.2) is 0 Å². The molecule has 0 amide bonds. The number of pyridine rings is 1. The van der Waals surface area contributed by atoms with Gasteiger partial charge in [0.15, 0.2) is 0 Å². The Hall–Kier alpha value is -1.85. The fourth-order valence-electron chi connectivity index (χ4n) is 1.86. The first-order chi connectivity index (χ1) is 9.16. The van der Waals surface area contributed by atoms with Crippen LogP contribution in [0.3, 0.4) is 0 Å². The van der Waals surface area contributed by atoms with Crippen molar-refractivity contribution in [3.63, 3.8) is 0 Å². The van der Waals surface area contributed by atoms with Crippen LogP contribution in [0.5, 0.6) is 5.75 Å². The minimum absolute atomic E-state index is 0.500. The van der Waals surface area contributed by atoms with Crippen molar-refractivity contribution >= 4 is 12.6 Å². The Bertz CT molecular complexity index is 531. The maximum absolute atomic E-state index is 9.13. The molecule has 0 saturated carbocycles. The molecule has 5 heteroatoms. The van der Waals surface area contributed by atoms with Gasteiger partial charge in [-0.1, -0.05) is 12.1 Å². The fourth-order valence-corrected chi connectivity index (χ4v) is 1.86. The van der Waals surface area contributed by atoms with Crippen LogP contribution in [-0.4, -0.2) is 28.8 Å². The molecule has 0 bridgehead atoms. The molecule has 0 aliphatic heterocycles. The van der Waals surface area contributed by atoms with E-state index in [4.69, 9.17) is 14.8 Å². The molecule has 1 aromatic carbocycles. The van der Waals surface area contributed by atoms with Gasteiger partial charge in [-0.05, 0) is 41.7 Å². The predicted molar refractivity (Wildman–Crippen MR) is 74.4 cm³/mol. The number of rotatable bonds is 5. The minimum Gasteiger partial charge on any atom is -0.493 e. The highest BCUT2D eigenvalue weighted by Crippen LogP contribution is 2.12. The second-order valence-corrected chi connectivity index (χ2v) is 4.35. The molecule has 0 unspecified atom stereocenters. The number of ether oxygens (including phenoxy) is 1. The first kappa shape index (κ1) is 13.6. The highest BCUT2D eigenvalue weighted by Gasteiger charge is 2.13. The van der Waals surface area contributed by atoms with Crippen LogP contribution in [-0.2, 0) is 6.42 Å². The molecule has 0 spiro atoms. The summed E-state index contributed by atoms with van der Waals surface area (Å²) < 4.78 is 5.63. The van der Waals surface area contributed by atoms with Crippen molar-refractivity contribution < 1.29 is 14.8 Å². The lowest BCUT2D eigenvalue weighted by atomic mass is 9.77. The van der Waals surface area contributed by atoms with Crippen LogP contribution in [0.1, 0.15) is 11.1 Å². The molecule has 0 saturated heterocycles. The van der Waals surface area contributed by atoms with Gasteiger partial charge in [-0.15, -0.1) is 0 Å². The Labute approximate surface area is 112 Å². The van der Waals surface area contributed by atoms with E-state index in [0.717, 1.165) is 23.3 Å². The number of aromatic nitrogens is 1. The van der Waals surface area contributed by atoms with Gasteiger partial charge in [0.25, 0.3) is 0 Å². The molecule has 0 fully saturated rings. The highest BCUT2D eigenvalue weighted by atomic mass is 16.5. The second kappa shape index (κ2) is 6.36. The third kappa shape index (κ3) is 3.81. The minimum atomic E-state index is -1.44. The number of hydrogen-bond acceptors (Lipinski definition) is 4. The second-order valence-electron chi connectivity index (χ2n) is 4.35. The van der Waals surface area contributed by atoms with Gasteiger partial charge in [0.05, 0.1) is 6.61 Å². The summed E-state index contributed by atoms with van der Waals surface area (Å²) in [4.78, 5) is 4.04. The molecule has 1 heterocycles. The number of benzene rings is 1. The van der Waals surface area contributed by atoms with E-state index < -0.39 is 7.12 Å². The van der Waals surface area contributed by atoms with Gasteiger partial charge in [-0.2, -0.15) is 0 Å². The lowest BCUT2D eigenvalue weighted by molar-refractivity contribution is 0.321. The third-order valence-corrected chi connectivity index (χ3v) is 2.90. The Morgan fingerprint density at radius 2 is 2.11 bits per heavy atom. The number of aryl methyl sites for hydroxylation is 1. The van der Waals surface area contributed by atoms with E-state index >= 15 is 0 Å². The van der Waals surface area contributed by atoms with Gasteiger partial charge < -0.3 is 14.8 Å². The third-order valence-electron chi connectivity index (χ3n) is 2.90. The first-order valence-corrected chi connectivity index (χ1v) is 6.15. The quantitative estimate of drug-likeness (QED) is 0.773. The van der Waals surface area contributed by atoms with Crippen molar-refractivity contribution in [3.8, 4) is 5.75 Å². The molecule has 4 nitrogen and oxygen atoms in total. The largest absolute Gasteiger partial charge is 0.493 e. The number of nitrogens with zero attached hydrogens (tertiary/aromatic N) is 1. The average Bonchev–Trinajstić information content (AvgIpc) is 2.39. The molecular weight excluding hydrogens is 241 g/mol. The maximum atomic E-state index is 9.13. The smallest absolute Gasteiger partial charge is 0.488 e. The van der Waals surface area contributed by atoms with Gasteiger partial charge >= 0.3 is 7.12 Å². The molecule has 0 aliphatic rings. The summed E-state index contributed by atoms with van der Waals surface area (Å²) in [5, 5.41) is 18.3. The Morgan fingerprint density at radius 3 is 2.74 bits per heavy atom. The molecule has 0 radical (unpaired) electrons. The van der Waals surface area contributed by atoms with Crippen molar-refractivity contribution in [2.45, 2.75) is 13.3 Å². The Balaban J connectivity index is 1.92. The van der Waals surface area contributed by atoms with Crippen molar-refractivity contribution in [2.75, 3.05) is 6.61 Å². The van der Waals surface area contributed by atoms with Gasteiger partial charge in [0, 0.05) is 18.8 Å². The van der Waals surface area contributed by atoms with Crippen molar-refractivity contribution in [2.24, 2.45) is 0 Å². The van der Waals surface area contributed by atoms with E-state index in [2.05, 4.69) is 4.98 Å². The summed E-state index contributed by atoms with van der Waals surface area (Å²) in [6.45, 7) is 2.38. The molecule has 2 aromatic rings. The Kier molecular flexibility index (Phi) is 4.55. The fraction of sp³-hybridized carbons (Fsp3) is 0.214. The molecule has 2 N–H and O–H groups in total. The van der Waals surface area contributed by atoms with Crippen LogP contribution < -0.4 is 10.2 Å². The standard InChI is InChI=1S/C14H16BNO3/c1-11-9-13(4-5-14(11)15(17)18)19-8-6-12-3-2-7-16-10-12/h2-5,7,9-10,17-18H,6,8H2,1H3. The average molecular weight is 257 g/mol. The molecule has 0 aliphatic carbocycles. The van der Waals surface area contributed by atoms with Crippen LogP contribution in [0, 0.1) is 6.92 Å². The van der Waals surface area contributed by atoms with Crippen molar-refractivity contribution in [1.29, 1.82) is 0 Å². The van der Waals surface area contributed by atoms with E-state index in [-0.39, 0.29) is 0 Å². The van der Waals surface area contributed by atoms with E-state index in [0.29, 0.717) is 12.1 Å². The van der Waals surface area contributed by atoms with Crippen molar-refractivity contribution in [1.82, 2.24) is 4.98 Å². The monoisotopic (exact) mass is 257 g/mol. The normalized spacial score (nSPS) is 10.3. The van der Waals surface area contributed by atoms with Crippen LogP contribution in [0.4, 0.5) is 0 Å². The summed E-state index contributed by atoms with van der Waals surface area (Å²) >= 11 is 0. The SMILES string of the molecule is Cc1cc(OCCc2cccnc2)ccc1B(O)O. The zero-order valence-electron chi connectivity index (χ0n) is 10.8. The van der Waals surface area contributed by atoms with E-state index in [9.17, 15) is 0 Å². The summed E-state index contributed by atoms with van der Waals surface area (Å²) in [5.41, 5.74) is 2.43. The van der Waals surface area contributed by atoms with Crippen LogP contribution >= 0.6 is 0 Å². The molecule has 0 atom stereocenters. The van der Waals surface area contributed by atoms with E-state index in [1.165, 1.54) is 0 Å². The highest BCUT2D eigenvalue weighted by molar-refractivity contribution is 6.59. The summed E-state index contributed by atoms with van der Waals surface area (Å²) in [6, 6.07) is 9.12. The molecule has 19 heavy (non-hydrogen) atoms. The van der Waals surface area contributed by atoms with E-state index in [1.807, 2.05) is 25.3 Å². The zero-order valence-corrected chi connectivity index (χ0v) is 10.8. The lowest BCUT2D eigenvalue weighted by Gasteiger charge is -2.09. The predicted octanol–water partition coefficient (Wildman–Crippen LogP) is 0.691. The van der Waals surface area contributed by atoms with E-state index in [1.54, 1.807) is 24.4 Å². The van der Waals surface area contributed by atoms with Gasteiger partial charge in [0.1, 0.15) is 5.75 Å². The molecule has 98 valence electrons. The first-order valence-electron chi connectivity index (χ1n) is 6.15. The van der Waals surface area contributed by atoms with Crippen LogP contribution in [0.25, 0.3) is 0 Å². The zero-order chi connectivity index (χ0) is 13.7. The summed E-state index contributed by atoms with van der Waals surface area (Å²) in [6.07, 6.45) is 4.35.